The fourth-order valence-corrected chi connectivity index (χ4v) is 2.19. The van der Waals surface area contributed by atoms with E-state index in [-0.39, 0.29) is 29.7 Å². The molecule has 1 aromatic carbocycles. The van der Waals surface area contributed by atoms with Gasteiger partial charge in [0, 0.05) is 12.6 Å². The van der Waals surface area contributed by atoms with Crippen molar-refractivity contribution in [3.8, 4) is 0 Å². The van der Waals surface area contributed by atoms with Gasteiger partial charge in [0.2, 0.25) is 5.95 Å². The van der Waals surface area contributed by atoms with Crippen molar-refractivity contribution in [3.05, 3.63) is 52.8 Å². The number of esters is 1. The molecule has 2 rings (SSSR count). The summed E-state index contributed by atoms with van der Waals surface area (Å²) in [5, 5.41) is 12.0. The van der Waals surface area contributed by atoms with Crippen LogP contribution in [0.15, 0.2) is 36.5 Å². The lowest BCUT2D eigenvalue weighted by Crippen LogP contribution is -2.32. The number of halogens is 1. The van der Waals surface area contributed by atoms with Crippen LogP contribution < -0.4 is 5.32 Å². The number of carbonyl (C=O) groups is 2. The number of rotatable bonds is 7. The number of aromatic nitrogens is 2. The molecule has 0 aliphatic rings. The summed E-state index contributed by atoms with van der Waals surface area (Å²) in [4.78, 5) is 30.9. The summed E-state index contributed by atoms with van der Waals surface area (Å²) in [6, 6.07) is 8.23. The molecule has 0 bridgehead atoms. The predicted molar refractivity (Wildman–Crippen MR) is 88.2 cm³/mol. The molecule has 1 aromatic heterocycles. The number of carboxylic acid groups (broad SMARTS) is 1. The van der Waals surface area contributed by atoms with Crippen molar-refractivity contribution in [2.75, 3.05) is 11.9 Å². The smallest absolute Gasteiger partial charge is 0.342 e. The molecule has 2 aromatic rings. The van der Waals surface area contributed by atoms with E-state index in [4.69, 9.17) is 16.3 Å². The number of hydrogen-bond donors (Lipinski definition) is 2. The first-order valence-corrected chi connectivity index (χ1v) is 7.62. The monoisotopic (exact) mass is 349 g/mol. The summed E-state index contributed by atoms with van der Waals surface area (Å²) in [6.45, 7) is 1.87. The highest BCUT2D eigenvalue weighted by molar-refractivity contribution is 6.32. The van der Waals surface area contributed by atoms with Crippen molar-refractivity contribution >= 4 is 29.5 Å². The van der Waals surface area contributed by atoms with Crippen LogP contribution in [0.4, 0.5) is 5.95 Å². The highest BCUT2D eigenvalue weighted by Gasteiger charge is 2.20. The second-order valence-electron chi connectivity index (χ2n) is 4.84. The molecule has 0 amide bonds. The van der Waals surface area contributed by atoms with Gasteiger partial charge in [0.1, 0.15) is 16.8 Å². The number of anilines is 1. The van der Waals surface area contributed by atoms with Crippen LogP contribution in [-0.2, 0) is 16.0 Å². The molecule has 126 valence electrons. The summed E-state index contributed by atoms with van der Waals surface area (Å²) >= 11 is 5.94. The third-order valence-electron chi connectivity index (χ3n) is 3.12. The molecule has 0 aliphatic heterocycles. The first kappa shape index (κ1) is 17.7. The van der Waals surface area contributed by atoms with Gasteiger partial charge in [0.25, 0.3) is 0 Å². The zero-order chi connectivity index (χ0) is 17.5. The third-order valence-corrected chi connectivity index (χ3v) is 3.41. The summed E-state index contributed by atoms with van der Waals surface area (Å²) in [7, 11) is 0. The van der Waals surface area contributed by atoms with E-state index in [0.29, 0.717) is 0 Å². The normalized spacial score (nSPS) is 11.6. The van der Waals surface area contributed by atoms with Crippen molar-refractivity contribution in [1.82, 2.24) is 9.97 Å². The Morgan fingerprint density at radius 3 is 2.62 bits per heavy atom. The molecule has 0 fully saturated rings. The minimum absolute atomic E-state index is 0.0244. The number of nitrogens with zero attached hydrogens (tertiary/aromatic N) is 2. The van der Waals surface area contributed by atoms with Crippen LogP contribution >= 0.6 is 11.6 Å². The van der Waals surface area contributed by atoms with E-state index in [9.17, 15) is 14.7 Å². The molecule has 0 unspecified atom stereocenters. The Balaban J connectivity index is 2.13. The Kier molecular flexibility index (Phi) is 6.08. The predicted octanol–water partition coefficient (Wildman–Crippen LogP) is 2.41. The Hall–Kier alpha value is -2.67. The molecule has 8 heteroatoms. The molecule has 0 saturated heterocycles. The van der Waals surface area contributed by atoms with Gasteiger partial charge in [0.15, 0.2) is 0 Å². The van der Waals surface area contributed by atoms with E-state index in [1.54, 1.807) is 6.92 Å². The second kappa shape index (κ2) is 8.26. The highest BCUT2D eigenvalue weighted by Crippen LogP contribution is 2.16. The van der Waals surface area contributed by atoms with Crippen LogP contribution in [0, 0.1) is 0 Å². The van der Waals surface area contributed by atoms with Gasteiger partial charge < -0.3 is 15.2 Å². The summed E-state index contributed by atoms with van der Waals surface area (Å²) in [6.07, 6.45) is 1.45. The van der Waals surface area contributed by atoms with E-state index < -0.39 is 18.0 Å². The molecule has 1 heterocycles. The van der Waals surface area contributed by atoms with Crippen molar-refractivity contribution in [1.29, 1.82) is 0 Å². The average Bonchev–Trinajstić information content (AvgIpc) is 2.55. The topological polar surface area (TPSA) is 101 Å². The standard InChI is InChI=1S/C16H16ClN3O4/c1-2-24-15(23)11-9-18-16(20-13(11)17)19-12(14(21)22)8-10-6-4-3-5-7-10/h3-7,9,12H,2,8H2,1H3,(H,21,22)(H,18,19,20)/t12-/m0/s1. The Labute approximate surface area is 143 Å². The van der Waals surface area contributed by atoms with Crippen LogP contribution in [0.2, 0.25) is 5.15 Å². The summed E-state index contributed by atoms with van der Waals surface area (Å²) < 4.78 is 4.83. The van der Waals surface area contributed by atoms with Crippen molar-refractivity contribution < 1.29 is 19.4 Å². The minimum atomic E-state index is -1.05. The maximum absolute atomic E-state index is 11.6. The quantitative estimate of drug-likeness (QED) is 0.584. The Bertz CT molecular complexity index is 725. The lowest BCUT2D eigenvalue weighted by Gasteiger charge is -2.15. The fraction of sp³-hybridized carbons (Fsp3) is 0.250. The molecule has 0 aliphatic carbocycles. The number of nitrogens with one attached hydrogen (secondary N) is 1. The van der Waals surface area contributed by atoms with Crippen LogP contribution in [0.3, 0.4) is 0 Å². The van der Waals surface area contributed by atoms with Crippen molar-refractivity contribution in [3.63, 3.8) is 0 Å². The zero-order valence-electron chi connectivity index (χ0n) is 12.9. The van der Waals surface area contributed by atoms with Gasteiger partial charge in [-0.1, -0.05) is 41.9 Å². The molecule has 7 nitrogen and oxygen atoms in total. The molecule has 2 N–H and O–H groups in total. The SMILES string of the molecule is CCOC(=O)c1cnc(N[C@@H](Cc2ccccc2)C(=O)O)nc1Cl. The van der Waals surface area contributed by atoms with Gasteiger partial charge in [-0.3, -0.25) is 0 Å². The molecular weight excluding hydrogens is 334 g/mol. The number of benzene rings is 1. The van der Waals surface area contributed by atoms with Gasteiger partial charge in [-0.15, -0.1) is 0 Å². The van der Waals surface area contributed by atoms with Crippen molar-refractivity contribution in [2.24, 2.45) is 0 Å². The first-order chi connectivity index (χ1) is 11.5. The molecule has 0 saturated carbocycles. The lowest BCUT2D eigenvalue weighted by molar-refractivity contribution is -0.137. The maximum atomic E-state index is 11.6. The van der Waals surface area contributed by atoms with Crippen LogP contribution in [0.5, 0.6) is 0 Å². The molecule has 24 heavy (non-hydrogen) atoms. The summed E-state index contributed by atoms with van der Waals surface area (Å²) in [5.41, 5.74) is 0.880. The number of ether oxygens (including phenoxy) is 1. The zero-order valence-corrected chi connectivity index (χ0v) is 13.7. The average molecular weight is 350 g/mol. The first-order valence-electron chi connectivity index (χ1n) is 7.24. The molecule has 1 atom stereocenters. The van der Waals surface area contributed by atoms with Crippen LogP contribution in [0.1, 0.15) is 22.8 Å². The lowest BCUT2D eigenvalue weighted by atomic mass is 10.1. The summed E-state index contributed by atoms with van der Waals surface area (Å²) in [5.74, 6) is -1.66. The third kappa shape index (κ3) is 4.66. The number of carboxylic acids is 1. The Morgan fingerprint density at radius 2 is 2.04 bits per heavy atom. The highest BCUT2D eigenvalue weighted by atomic mass is 35.5. The van der Waals surface area contributed by atoms with E-state index >= 15 is 0 Å². The molecular formula is C16H16ClN3O4. The van der Waals surface area contributed by atoms with Gasteiger partial charge in [0.05, 0.1) is 6.61 Å². The van der Waals surface area contributed by atoms with Crippen LogP contribution in [0.25, 0.3) is 0 Å². The largest absolute Gasteiger partial charge is 0.480 e. The van der Waals surface area contributed by atoms with Crippen molar-refractivity contribution in [2.45, 2.75) is 19.4 Å². The van der Waals surface area contributed by atoms with Gasteiger partial charge in [-0.05, 0) is 12.5 Å². The second-order valence-corrected chi connectivity index (χ2v) is 5.20. The Morgan fingerprint density at radius 1 is 1.33 bits per heavy atom. The van der Waals surface area contributed by atoms with Gasteiger partial charge in [-0.25, -0.2) is 19.6 Å². The van der Waals surface area contributed by atoms with E-state index in [1.165, 1.54) is 6.20 Å². The van der Waals surface area contributed by atoms with E-state index in [2.05, 4.69) is 15.3 Å². The maximum Gasteiger partial charge on any atom is 0.342 e. The minimum Gasteiger partial charge on any atom is -0.480 e. The van der Waals surface area contributed by atoms with E-state index in [1.807, 2.05) is 30.3 Å². The van der Waals surface area contributed by atoms with E-state index in [0.717, 1.165) is 5.56 Å². The van der Waals surface area contributed by atoms with Gasteiger partial charge >= 0.3 is 11.9 Å². The fourth-order valence-electron chi connectivity index (χ4n) is 1.98. The number of carbonyl (C=O) groups excluding carboxylic acids is 1. The molecule has 0 spiro atoms. The number of hydrogen-bond acceptors (Lipinski definition) is 6. The molecule has 0 radical (unpaired) electrons. The number of aliphatic carboxylic acids is 1. The van der Waals surface area contributed by atoms with Gasteiger partial charge in [-0.2, -0.15) is 0 Å². The van der Waals surface area contributed by atoms with Crippen LogP contribution in [-0.4, -0.2) is 39.7 Å².